The van der Waals surface area contributed by atoms with E-state index in [-0.39, 0.29) is 12.5 Å². The van der Waals surface area contributed by atoms with Crippen LogP contribution in [0.1, 0.15) is 26.7 Å². The van der Waals surface area contributed by atoms with E-state index in [0.717, 1.165) is 19.5 Å². The van der Waals surface area contributed by atoms with E-state index in [4.69, 9.17) is 5.73 Å². The molecule has 82 valence electrons. The van der Waals surface area contributed by atoms with Gasteiger partial charge in [-0.05, 0) is 18.1 Å². The highest BCUT2D eigenvalue weighted by Gasteiger charge is 2.23. The molecule has 1 amide bonds. The minimum Gasteiger partial charge on any atom is -0.340 e. The summed E-state index contributed by atoms with van der Waals surface area (Å²) in [6.07, 6.45) is 2.35. The summed E-state index contributed by atoms with van der Waals surface area (Å²) in [6.45, 7) is 6.34. The van der Waals surface area contributed by atoms with E-state index in [2.05, 4.69) is 13.8 Å². The maximum atomic E-state index is 11.4. The summed E-state index contributed by atoms with van der Waals surface area (Å²) in [5.74, 6) is 0.0963. The second-order valence-corrected chi connectivity index (χ2v) is 5.87. The van der Waals surface area contributed by atoms with Gasteiger partial charge in [0.25, 0.3) is 0 Å². The molecule has 1 rings (SSSR count). The molecule has 0 radical (unpaired) electrons. The van der Waals surface area contributed by atoms with Crippen molar-refractivity contribution in [3.63, 3.8) is 0 Å². The third-order valence-electron chi connectivity index (χ3n) is 2.37. The van der Waals surface area contributed by atoms with Gasteiger partial charge in [-0.15, -0.1) is 0 Å². The van der Waals surface area contributed by atoms with Crippen LogP contribution in [0, 0.1) is 0 Å². The van der Waals surface area contributed by atoms with Crippen LogP contribution in [0.2, 0.25) is 0 Å². The van der Waals surface area contributed by atoms with Crippen LogP contribution in [0.4, 0.5) is 0 Å². The van der Waals surface area contributed by atoms with E-state index >= 15 is 0 Å². The fourth-order valence-corrected chi connectivity index (χ4v) is 3.13. The van der Waals surface area contributed by atoms with Crippen molar-refractivity contribution in [3.05, 3.63) is 0 Å². The number of hydrogen-bond acceptors (Lipinski definition) is 3. The first-order valence-corrected chi connectivity index (χ1v) is 6.21. The minimum atomic E-state index is 0.0963. The topological polar surface area (TPSA) is 46.3 Å². The molecule has 2 N–H and O–H groups in total. The maximum absolute atomic E-state index is 11.4. The average Bonchev–Trinajstić information content (AvgIpc) is 2.16. The van der Waals surface area contributed by atoms with Crippen LogP contribution in [0.15, 0.2) is 0 Å². The maximum Gasteiger partial charge on any atom is 0.236 e. The monoisotopic (exact) mass is 216 g/mol. The Morgan fingerprint density at radius 3 is 2.93 bits per heavy atom. The molecule has 3 nitrogen and oxygen atoms in total. The number of hydrogen-bond donors (Lipinski definition) is 1. The van der Waals surface area contributed by atoms with E-state index in [1.54, 1.807) is 0 Å². The van der Waals surface area contributed by atoms with Crippen molar-refractivity contribution in [2.45, 2.75) is 37.2 Å². The average molecular weight is 216 g/mol. The second kappa shape index (κ2) is 5.61. The van der Waals surface area contributed by atoms with Crippen LogP contribution in [-0.2, 0) is 4.79 Å². The van der Waals surface area contributed by atoms with E-state index < -0.39 is 0 Å². The Kier molecular flexibility index (Phi) is 4.75. The molecule has 1 aliphatic rings. The zero-order valence-electron chi connectivity index (χ0n) is 9.03. The van der Waals surface area contributed by atoms with Gasteiger partial charge in [-0.3, -0.25) is 4.79 Å². The van der Waals surface area contributed by atoms with E-state index in [1.807, 2.05) is 16.7 Å². The molecule has 1 aliphatic heterocycles. The summed E-state index contributed by atoms with van der Waals surface area (Å²) in [5, 5.41) is 1.26. The van der Waals surface area contributed by atoms with Gasteiger partial charge >= 0.3 is 0 Å². The Morgan fingerprint density at radius 1 is 1.64 bits per heavy atom. The smallest absolute Gasteiger partial charge is 0.236 e. The highest BCUT2D eigenvalue weighted by Crippen LogP contribution is 2.25. The molecule has 14 heavy (non-hydrogen) atoms. The molecule has 0 aromatic rings. The third kappa shape index (κ3) is 3.50. The number of thioether (sulfide) groups is 1. The number of nitrogens with zero attached hydrogens (tertiary/aromatic N) is 1. The van der Waals surface area contributed by atoms with Crippen molar-refractivity contribution in [2.75, 3.05) is 19.6 Å². The van der Waals surface area contributed by atoms with Gasteiger partial charge in [-0.2, -0.15) is 11.8 Å². The predicted octanol–water partition coefficient (Wildman–Crippen LogP) is 1.08. The Labute approximate surface area is 90.4 Å². The highest BCUT2D eigenvalue weighted by molar-refractivity contribution is 8.00. The van der Waals surface area contributed by atoms with E-state index in [1.165, 1.54) is 6.42 Å². The third-order valence-corrected chi connectivity index (χ3v) is 3.68. The molecule has 1 saturated heterocycles. The lowest BCUT2D eigenvalue weighted by Crippen LogP contribution is -2.44. The molecule has 0 aromatic carbocycles. The first-order valence-electron chi connectivity index (χ1n) is 5.26. The Morgan fingerprint density at radius 2 is 2.36 bits per heavy atom. The summed E-state index contributed by atoms with van der Waals surface area (Å²) in [7, 11) is 0. The summed E-state index contributed by atoms with van der Waals surface area (Å²) >= 11 is 1.97. The van der Waals surface area contributed by atoms with Crippen molar-refractivity contribution in [1.29, 1.82) is 0 Å². The summed E-state index contributed by atoms with van der Waals surface area (Å²) in [6, 6.07) is 0. The quantitative estimate of drug-likeness (QED) is 0.768. The van der Waals surface area contributed by atoms with Gasteiger partial charge in [0.15, 0.2) is 0 Å². The fourth-order valence-electron chi connectivity index (χ4n) is 1.79. The number of amides is 1. The fraction of sp³-hybridized carbons (Fsp3) is 0.900. The van der Waals surface area contributed by atoms with Gasteiger partial charge in [0.1, 0.15) is 0 Å². The molecule has 1 unspecified atom stereocenters. The Bertz CT molecular complexity index is 197. The van der Waals surface area contributed by atoms with Gasteiger partial charge in [0.05, 0.1) is 6.54 Å². The second-order valence-electron chi connectivity index (χ2n) is 3.99. The van der Waals surface area contributed by atoms with Crippen molar-refractivity contribution in [3.8, 4) is 0 Å². The number of carbonyl (C=O) groups excluding carboxylic acids is 1. The van der Waals surface area contributed by atoms with Gasteiger partial charge < -0.3 is 10.6 Å². The lowest BCUT2D eigenvalue weighted by Gasteiger charge is -2.33. The molecule has 0 bridgehead atoms. The molecule has 1 atom stereocenters. The van der Waals surface area contributed by atoms with Crippen LogP contribution in [0.5, 0.6) is 0 Å². The number of likely N-dealkylation sites (tertiary alicyclic amines) is 1. The Balaban J connectivity index is 2.39. The standard InChI is InChI=1S/C10H20N2OS/c1-8(2)14-9-4-3-5-12(7-9)10(13)6-11/h8-9H,3-7,11H2,1-2H3. The normalized spacial score (nSPS) is 22.9. The molecule has 0 saturated carbocycles. The summed E-state index contributed by atoms with van der Waals surface area (Å²) in [4.78, 5) is 13.3. The first-order chi connectivity index (χ1) is 6.63. The molecule has 0 aromatic heterocycles. The van der Waals surface area contributed by atoms with Gasteiger partial charge in [0.2, 0.25) is 5.91 Å². The van der Waals surface area contributed by atoms with Crippen LogP contribution < -0.4 is 5.73 Å². The molecule has 0 spiro atoms. The Hall–Kier alpha value is -0.220. The molecular weight excluding hydrogens is 196 g/mol. The number of rotatable bonds is 3. The van der Waals surface area contributed by atoms with Crippen LogP contribution in [-0.4, -0.2) is 40.9 Å². The van der Waals surface area contributed by atoms with Crippen molar-refractivity contribution in [1.82, 2.24) is 4.90 Å². The lowest BCUT2D eigenvalue weighted by molar-refractivity contribution is -0.130. The lowest BCUT2D eigenvalue weighted by atomic mass is 10.1. The number of nitrogens with two attached hydrogens (primary N) is 1. The SMILES string of the molecule is CC(C)SC1CCCN(C(=O)CN)C1. The molecule has 0 aliphatic carbocycles. The minimum absolute atomic E-state index is 0.0963. The zero-order chi connectivity index (χ0) is 10.6. The van der Waals surface area contributed by atoms with Crippen LogP contribution >= 0.6 is 11.8 Å². The molecule has 1 heterocycles. The van der Waals surface area contributed by atoms with E-state index in [9.17, 15) is 4.79 Å². The summed E-state index contributed by atoms with van der Waals surface area (Å²) < 4.78 is 0. The number of carbonyl (C=O) groups is 1. The van der Waals surface area contributed by atoms with Gasteiger partial charge in [-0.1, -0.05) is 13.8 Å². The first kappa shape index (κ1) is 11.9. The van der Waals surface area contributed by atoms with Gasteiger partial charge in [-0.25, -0.2) is 0 Å². The summed E-state index contributed by atoms with van der Waals surface area (Å²) in [5.41, 5.74) is 5.35. The van der Waals surface area contributed by atoms with Crippen molar-refractivity contribution >= 4 is 17.7 Å². The van der Waals surface area contributed by atoms with Gasteiger partial charge in [0, 0.05) is 18.3 Å². The molecule has 4 heteroatoms. The van der Waals surface area contributed by atoms with Crippen LogP contribution in [0.25, 0.3) is 0 Å². The van der Waals surface area contributed by atoms with Crippen molar-refractivity contribution < 1.29 is 4.79 Å². The molecule has 1 fully saturated rings. The zero-order valence-corrected chi connectivity index (χ0v) is 9.85. The highest BCUT2D eigenvalue weighted by atomic mass is 32.2. The van der Waals surface area contributed by atoms with Crippen LogP contribution in [0.3, 0.4) is 0 Å². The predicted molar refractivity (Wildman–Crippen MR) is 61.4 cm³/mol. The molecular formula is C10H20N2OS. The number of piperidine rings is 1. The largest absolute Gasteiger partial charge is 0.340 e. The van der Waals surface area contributed by atoms with E-state index in [0.29, 0.717) is 10.5 Å². The van der Waals surface area contributed by atoms with Crippen molar-refractivity contribution in [2.24, 2.45) is 5.73 Å².